The van der Waals surface area contributed by atoms with E-state index >= 15 is 0 Å². The van der Waals surface area contributed by atoms with Gasteiger partial charge in [-0.1, -0.05) is 30.4 Å². The highest BCUT2D eigenvalue weighted by molar-refractivity contribution is 7.13. The summed E-state index contributed by atoms with van der Waals surface area (Å²) < 4.78 is 8.60. The van der Waals surface area contributed by atoms with Gasteiger partial charge in [-0.15, -0.1) is 10.2 Å². The third kappa shape index (κ3) is 4.50. The lowest BCUT2D eigenvalue weighted by Crippen LogP contribution is -2.41. The van der Waals surface area contributed by atoms with Crippen molar-refractivity contribution >= 4 is 40.1 Å². The van der Waals surface area contributed by atoms with Gasteiger partial charge in [0.2, 0.25) is 5.01 Å². The molecular formula is C21H21N7O5S. The van der Waals surface area contributed by atoms with Crippen molar-refractivity contribution in [2.75, 3.05) is 5.32 Å². The molecule has 1 aromatic carbocycles. The van der Waals surface area contributed by atoms with Crippen LogP contribution in [0.5, 0.6) is 0 Å². The van der Waals surface area contributed by atoms with E-state index in [2.05, 4.69) is 20.5 Å². The first-order chi connectivity index (χ1) is 16.3. The maximum Gasteiger partial charge on any atom is 0.333 e. The van der Waals surface area contributed by atoms with E-state index in [0.29, 0.717) is 10.7 Å². The maximum absolute atomic E-state index is 12.7. The molecule has 0 aliphatic carbocycles. The number of fused-ring (bicyclic) bond motifs is 1. The number of esters is 1. The van der Waals surface area contributed by atoms with Gasteiger partial charge in [-0.2, -0.15) is 0 Å². The van der Waals surface area contributed by atoms with Gasteiger partial charge in [-0.3, -0.25) is 19.0 Å². The molecule has 0 atom stereocenters. The van der Waals surface area contributed by atoms with Gasteiger partial charge in [0.25, 0.3) is 11.5 Å². The molecule has 0 aliphatic rings. The predicted molar refractivity (Wildman–Crippen MR) is 124 cm³/mol. The number of amides is 1. The monoisotopic (exact) mass is 483 g/mol. The van der Waals surface area contributed by atoms with Gasteiger partial charge in [-0.05, 0) is 24.1 Å². The van der Waals surface area contributed by atoms with Crippen molar-refractivity contribution in [1.29, 1.82) is 0 Å². The van der Waals surface area contributed by atoms with E-state index in [4.69, 9.17) is 4.74 Å². The molecule has 12 nitrogen and oxygen atoms in total. The van der Waals surface area contributed by atoms with Gasteiger partial charge < -0.3 is 14.6 Å². The Morgan fingerprint density at radius 3 is 2.56 bits per heavy atom. The second-order valence-corrected chi connectivity index (χ2v) is 8.49. The highest BCUT2D eigenvalue weighted by atomic mass is 32.1. The molecule has 0 bridgehead atoms. The fourth-order valence-electron chi connectivity index (χ4n) is 3.26. The number of nitrogens with zero attached hydrogens (tertiary/aromatic N) is 6. The molecule has 0 fully saturated rings. The zero-order valence-electron chi connectivity index (χ0n) is 18.6. The number of nitrogens with one attached hydrogen (secondary N) is 1. The number of carbonyl (C=O) groups is 2. The number of benzene rings is 1. The van der Waals surface area contributed by atoms with Crippen LogP contribution in [0.3, 0.4) is 0 Å². The summed E-state index contributed by atoms with van der Waals surface area (Å²) in [5.41, 5.74) is 0.871. The SMILES string of the molecule is CCc1ccc(NC(=O)c2nnc(COC(=O)Cn3c(=O)c4c(ncn4C)n(C)c3=O)s2)cc1. The fourth-order valence-corrected chi connectivity index (χ4v) is 3.91. The Morgan fingerprint density at radius 1 is 1.12 bits per heavy atom. The van der Waals surface area contributed by atoms with E-state index in [0.717, 1.165) is 27.9 Å². The zero-order chi connectivity index (χ0) is 24.4. The molecule has 4 rings (SSSR count). The first kappa shape index (κ1) is 23.0. The number of hydrogen-bond acceptors (Lipinski definition) is 9. The van der Waals surface area contributed by atoms with Crippen molar-refractivity contribution in [3.8, 4) is 0 Å². The van der Waals surface area contributed by atoms with E-state index in [1.54, 1.807) is 19.2 Å². The third-order valence-electron chi connectivity index (χ3n) is 5.13. The van der Waals surface area contributed by atoms with Gasteiger partial charge in [0.15, 0.2) is 16.2 Å². The molecule has 0 saturated carbocycles. The smallest absolute Gasteiger partial charge is 0.333 e. The Kier molecular flexibility index (Phi) is 6.36. The van der Waals surface area contributed by atoms with Gasteiger partial charge >= 0.3 is 11.7 Å². The number of aromatic nitrogens is 6. The Hall–Kier alpha value is -4.13. The summed E-state index contributed by atoms with van der Waals surface area (Å²) in [7, 11) is 3.08. The molecule has 0 spiro atoms. The highest BCUT2D eigenvalue weighted by Crippen LogP contribution is 2.15. The molecule has 0 radical (unpaired) electrons. The summed E-state index contributed by atoms with van der Waals surface area (Å²) in [5, 5.41) is 10.8. The average molecular weight is 484 g/mol. The van der Waals surface area contributed by atoms with E-state index in [-0.39, 0.29) is 22.8 Å². The van der Waals surface area contributed by atoms with E-state index in [1.807, 2.05) is 19.1 Å². The van der Waals surface area contributed by atoms with E-state index in [1.165, 1.54) is 22.5 Å². The quantitative estimate of drug-likeness (QED) is 0.381. The van der Waals surface area contributed by atoms with Gasteiger partial charge in [-0.25, -0.2) is 14.3 Å². The normalized spacial score (nSPS) is 11.0. The van der Waals surface area contributed by atoms with E-state index < -0.39 is 29.7 Å². The molecular weight excluding hydrogens is 462 g/mol. The molecule has 0 saturated heterocycles. The molecule has 34 heavy (non-hydrogen) atoms. The van der Waals surface area contributed by atoms with Crippen LogP contribution in [-0.2, 0) is 43.2 Å². The summed E-state index contributed by atoms with van der Waals surface area (Å²) in [6.45, 7) is 1.21. The zero-order valence-corrected chi connectivity index (χ0v) is 19.5. The number of rotatable bonds is 7. The Balaban J connectivity index is 1.40. The minimum absolute atomic E-state index is 0.109. The largest absolute Gasteiger partial charge is 0.457 e. The summed E-state index contributed by atoms with van der Waals surface area (Å²) in [5.74, 6) is -1.24. The van der Waals surface area contributed by atoms with Crippen LogP contribution in [0, 0.1) is 0 Å². The van der Waals surface area contributed by atoms with Crippen LogP contribution >= 0.6 is 11.3 Å². The molecule has 1 N–H and O–H groups in total. The van der Waals surface area contributed by atoms with Crippen molar-refractivity contribution < 1.29 is 14.3 Å². The Bertz CT molecular complexity index is 1500. The molecule has 3 heterocycles. The summed E-state index contributed by atoms with van der Waals surface area (Å²) >= 11 is 0.972. The molecule has 1 amide bonds. The number of carbonyl (C=O) groups excluding carboxylic acids is 2. The van der Waals surface area contributed by atoms with Crippen molar-refractivity contribution in [3.05, 3.63) is 67.0 Å². The minimum Gasteiger partial charge on any atom is -0.457 e. The van der Waals surface area contributed by atoms with Crippen LogP contribution in [0.2, 0.25) is 0 Å². The van der Waals surface area contributed by atoms with Gasteiger partial charge in [0.05, 0.1) is 6.33 Å². The minimum atomic E-state index is -0.807. The lowest BCUT2D eigenvalue weighted by molar-refractivity contribution is -0.145. The Morgan fingerprint density at radius 2 is 1.85 bits per heavy atom. The van der Waals surface area contributed by atoms with Crippen LogP contribution in [0.4, 0.5) is 5.69 Å². The first-order valence-corrected chi connectivity index (χ1v) is 11.1. The molecule has 4 aromatic rings. The van der Waals surface area contributed by atoms with Crippen LogP contribution < -0.4 is 16.6 Å². The lowest BCUT2D eigenvalue weighted by atomic mass is 10.1. The summed E-state index contributed by atoms with van der Waals surface area (Å²) in [6.07, 6.45) is 2.31. The van der Waals surface area contributed by atoms with Crippen molar-refractivity contribution in [2.45, 2.75) is 26.5 Å². The standard InChI is InChI=1S/C21H21N7O5S/c1-4-12-5-7-13(8-6-12)23-18(30)19-25-24-14(34-19)10-33-15(29)9-28-20(31)16-17(22-11-26(16)2)27(3)21(28)32/h5-8,11H,4,9-10H2,1-3H3,(H,23,30). The number of ether oxygens (including phenoxy) is 1. The number of hydrogen-bond donors (Lipinski definition) is 1. The fraction of sp³-hybridized carbons (Fsp3) is 0.286. The molecule has 0 aliphatic heterocycles. The Labute approximate surface area is 196 Å². The summed E-state index contributed by atoms with van der Waals surface area (Å²) in [6, 6.07) is 7.45. The lowest BCUT2D eigenvalue weighted by Gasteiger charge is -2.08. The van der Waals surface area contributed by atoms with E-state index in [9.17, 15) is 19.2 Å². The molecule has 3 aromatic heterocycles. The second-order valence-electron chi connectivity index (χ2n) is 7.43. The van der Waals surface area contributed by atoms with Crippen LogP contribution in [-0.4, -0.2) is 40.8 Å². The predicted octanol–water partition coefficient (Wildman–Crippen LogP) is 0.843. The van der Waals surface area contributed by atoms with Gasteiger partial charge in [0, 0.05) is 19.8 Å². The van der Waals surface area contributed by atoms with Crippen molar-refractivity contribution in [1.82, 2.24) is 28.9 Å². The number of anilines is 1. The molecule has 176 valence electrons. The van der Waals surface area contributed by atoms with Crippen LogP contribution in [0.15, 0.2) is 40.2 Å². The molecule has 13 heteroatoms. The first-order valence-electron chi connectivity index (χ1n) is 10.3. The van der Waals surface area contributed by atoms with Crippen molar-refractivity contribution in [3.63, 3.8) is 0 Å². The maximum atomic E-state index is 12.7. The van der Waals surface area contributed by atoms with Crippen molar-refractivity contribution in [2.24, 2.45) is 14.1 Å². The number of aryl methyl sites for hydroxylation is 3. The average Bonchev–Trinajstić information content (AvgIpc) is 3.46. The van der Waals surface area contributed by atoms with Gasteiger partial charge in [0.1, 0.15) is 13.2 Å². The third-order valence-corrected chi connectivity index (χ3v) is 6.02. The highest BCUT2D eigenvalue weighted by Gasteiger charge is 2.19. The second kappa shape index (κ2) is 9.39. The number of imidazole rings is 1. The van der Waals surface area contributed by atoms with Crippen LogP contribution in [0.25, 0.3) is 11.2 Å². The van der Waals surface area contributed by atoms with Crippen LogP contribution in [0.1, 0.15) is 27.3 Å². The topological polar surface area (TPSA) is 143 Å². The summed E-state index contributed by atoms with van der Waals surface area (Å²) in [4.78, 5) is 53.9. The molecule has 0 unspecified atom stereocenters.